The first-order valence-corrected chi connectivity index (χ1v) is 6.05. The minimum Gasteiger partial charge on any atom is -0.393 e. The average molecular weight is 274 g/mol. The summed E-state index contributed by atoms with van der Waals surface area (Å²) in [6, 6.07) is 1.87. The van der Waals surface area contributed by atoms with Crippen molar-refractivity contribution in [3.63, 3.8) is 0 Å². The zero-order chi connectivity index (χ0) is 12.7. The summed E-state index contributed by atoms with van der Waals surface area (Å²) >= 11 is 11.0. The first kappa shape index (κ1) is 14.2. The Kier molecular flexibility index (Phi) is 6.18. The lowest BCUT2D eigenvalue weighted by atomic mass is 10.3. The molecule has 1 aromatic rings. The van der Waals surface area contributed by atoms with Crippen LogP contribution in [0.15, 0.2) is 18.5 Å². The summed E-state index contributed by atoms with van der Waals surface area (Å²) in [7, 11) is 1.67. The van der Waals surface area contributed by atoms with Gasteiger partial charge in [-0.1, -0.05) is 23.8 Å². The number of ether oxygens (including phenoxy) is 1. The molecule has 0 aliphatic carbocycles. The van der Waals surface area contributed by atoms with E-state index in [1.54, 1.807) is 19.5 Å². The lowest BCUT2D eigenvalue weighted by molar-refractivity contribution is 0.205. The summed E-state index contributed by atoms with van der Waals surface area (Å²) in [5, 5.41) is 0.617. The third kappa shape index (κ3) is 4.85. The quantitative estimate of drug-likeness (QED) is 0.769. The number of thiocarbonyl (C=S) groups is 1. The van der Waals surface area contributed by atoms with Gasteiger partial charge < -0.3 is 15.4 Å². The molecule has 0 aliphatic rings. The van der Waals surface area contributed by atoms with Gasteiger partial charge in [-0.2, -0.15) is 0 Å². The Labute approximate surface area is 112 Å². The summed E-state index contributed by atoms with van der Waals surface area (Å²) in [5.41, 5.74) is 6.44. The van der Waals surface area contributed by atoms with Crippen molar-refractivity contribution in [2.24, 2.45) is 5.73 Å². The fraction of sp³-hybridized carbons (Fsp3) is 0.455. The van der Waals surface area contributed by atoms with Gasteiger partial charge in [-0.15, -0.1) is 0 Å². The Morgan fingerprint density at radius 3 is 2.94 bits per heavy atom. The summed E-state index contributed by atoms with van der Waals surface area (Å²) in [6.45, 7) is 2.08. The maximum absolute atomic E-state index is 6.10. The van der Waals surface area contributed by atoms with Crippen molar-refractivity contribution in [2.75, 3.05) is 31.7 Å². The van der Waals surface area contributed by atoms with Crippen molar-refractivity contribution >= 4 is 34.5 Å². The van der Waals surface area contributed by atoms with Crippen LogP contribution in [0.2, 0.25) is 5.02 Å². The minimum absolute atomic E-state index is 0.498. The zero-order valence-electron chi connectivity index (χ0n) is 9.73. The molecule has 0 bridgehead atoms. The van der Waals surface area contributed by atoms with E-state index in [9.17, 15) is 0 Å². The minimum atomic E-state index is 0.498. The molecule has 0 spiro atoms. The van der Waals surface area contributed by atoms with Gasteiger partial charge >= 0.3 is 0 Å². The van der Waals surface area contributed by atoms with Gasteiger partial charge in [-0.3, -0.25) is 4.98 Å². The molecule has 0 aromatic carbocycles. The first-order chi connectivity index (χ1) is 8.15. The number of rotatable bonds is 7. The van der Waals surface area contributed by atoms with Crippen molar-refractivity contribution < 1.29 is 4.74 Å². The maximum atomic E-state index is 6.10. The van der Waals surface area contributed by atoms with Gasteiger partial charge in [0, 0.05) is 39.0 Å². The normalized spacial score (nSPS) is 10.2. The van der Waals surface area contributed by atoms with E-state index < -0.39 is 0 Å². The molecule has 4 nitrogen and oxygen atoms in total. The van der Waals surface area contributed by atoms with E-state index in [1.165, 1.54) is 0 Å². The average Bonchev–Trinajstić information content (AvgIpc) is 2.30. The Morgan fingerprint density at radius 1 is 1.59 bits per heavy atom. The summed E-state index contributed by atoms with van der Waals surface area (Å²) in [4.78, 5) is 6.55. The Hall–Kier alpha value is -0.910. The van der Waals surface area contributed by atoms with Gasteiger partial charge in [0.15, 0.2) is 0 Å². The molecule has 1 heterocycles. The van der Waals surface area contributed by atoms with Crippen LogP contribution in [0, 0.1) is 0 Å². The highest BCUT2D eigenvalue weighted by Gasteiger charge is 2.10. The molecule has 0 unspecified atom stereocenters. The highest BCUT2D eigenvalue weighted by molar-refractivity contribution is 7.80. The van der Waals surface area contributed by atoms with Gasteiger partial charge in [0.25, 0.3) is 0 Å². The Morgan fingerprint density at radius 2 is 2.35 bits per heavy atom. The number of methoxy groups -OCH3 is 1. The van der Waals surface area contributed by atoms with Gasteiger partial charge in [-0.05, 0) is 6.07 Å². The molecule has 1 rings (SSSR count). The van der Waals surface area contributed by atoms with E-state index in [1.807, 2.05) is 6.07 Å². The predicted octanol–water partition coefficient (Wildman–Crippen LogP) is 1.86. The van der Waals surface area contributed by atoms with Crippen LogP contribution in [0.25, 0.3) is 0 Å². The molecule has 0 amide bonds. The molecule has 0 saturated carbocycles. The Balaban J connectivity index is 2.74. The lowest BCUT2D eigenvalue weighted by Crippen LogP contribution is -2.30. The number of hydrogen-bond acceptors (Lipinski definition) is 4. The number of halogens is 1. The van der Waals surface area contributed by atoms with Crippen LogP contribution in [0.5, 0.6) is 0 Å². The third-order valence-electron chi connectivity index (χ3n) is 2.29. The van der Waals surface area contributed by atoms with Crippen LogP contribution >= 0.6 is 23.8 Å². The van der Waals surface area contributed by atoms with Crippen LogP contribution in [0.4, 0.5) is 5.69 Å². The molecule has 0 fully saturated rings. The summed E-state index contributed by atoms with van der Waals surface area (Å²) in [6.07, 6.45) is 3.98. The van der Waals surface area contributed by atoms with Crippen LogP contribution in [0.1, 0.15) is 6.42 Å². The second-order valence-electron chi connectivity index (χ2n) is 3.52. The smallest absolute Gasteiger partial charge is 0.0822 e. The van der Waals surface area contributed by atoms with Crippen molar-refractivity contribution in [3.05, 3.63) is 23.5 Å². The molecule has 0 aliphatic heterocycles. The molecule has 0 radical (unpaired) electrons. The zero-order valence-corrected chi connectivity index (χ0v) is 11.3. The topological polar surface area (TPSA) is 51.4 Å². The highest BCUT2D eigenvalue weighted by Crippen LogP contribution is 2.24. The molecule has 1 aromatic heterocycles. The molecule has 0 atom stereocenters. The van der Waals surface area contributed by atoms with E-state index in [0.717, 1.165) is 18.8 Å². The molecule has 0 saturated heterocycles. The van der Waals surface area contributed by atoms with E-state index >= 15 is 0 Å². The van der Waals surface area contributed by atoms with Crippen molar-refractivity contribution in [2.45, 2.75) is 6.42 Å². The molecule has 17 heavy (non-hydrogen) atoms. The Bertz CT molecular complexity index is 375. The standard InChI is InChI=1S/C11H16ClN3OS/c1-16-7-6-15(5-3-11(13)17)10-2-4-14-8-9(10)12/h2,4,8H,3,5-7H2,1H3,(H2,13,17). The number of aromatic nitrogens is 1. The van der Waals surface area contributed by atoms with Crippen LogP contribution in [-0.2, 0) is 4.74 Å². The monoisotopic (exact) mass is 273 g/mol. The third-order valence-corrected chi connectivity index (χ3v) is 2.78. The number of nitrogens with zero attached hydrogens (tertiary/aromatic N) is 2. The van der Waals surface area contributed by atoms with Crippen LogP contribution in [-0.4, -0.2) is 36.8 Å². The first-order valence-electron chi connectivity index (χ1n) is 5.27. The van der Waals surface area contributed by atoms with Crippen LogP contribution in [0.3, 0.4) is 0 Å². The van der Waals surface area contributed by atoms with E-state index in [2.05, 4.69) is 9.88 Å². The van der Waals surface area contributed by atoms with Gasteiger partial charge in [0.1, 0.15) is 0 Å². The van der Waals surface area contributed by atoms with E-state index in [0.29, 0.717) is 23.0 Å². The second-order valence-corrected chi connectivity index (χ2v) is 4.45. The fourth-order valence-corrected chi connectivity index (χ4v) is 1.75. The molecule has 94 valence electrons. The van der Waals surface area contributed by atoms with E-state index in [-0.39, 0.29) is 0 Å². The van der Waals surface area contributed by atoms with Crippen molar-refractivity contribution in [3.8, 4) is 0 Å². The van der Waals surface area contributed by atoms with Gasteiger partial charge in [-0.25, -0.2) is 0 Å². The molecule has 6 heteroatoms. The number of anilines is 1. The van der Waals surface area contributed by atoms with Crippen molar-refractivity contribution in [1.82, 2.24) is 4.98 Å². The molecule has 2 N–H and O–H groups in total. The van der Waals surface area contributed by atoms with Gasteiger partial charge in [0.05, 0.1) is 22.3 Å². The maximum Gasteiger partial charge on any atom is 0.0822 e. The van der Waals surface area contributed by atoms with Crippen LogP contribution < -0.4 is 10.6 Å². The number of pyridine rings is 1. The summed E-state index contributed by atoms with van der Waals surface area (Å²) < 4.78 is 5.08. The number of hydrogen-bond donors (Lipinski definition) is 1. The lowest BCUT2D eigenvalue weighted by Gasteiger charge is -2.25. The SMILES string of the molecule is COCCN(CCC(N)=S)c1ccncc1Cl. The predicted molar refractivity (Wildman–Crippen MR) is 74.7 cm³/mol. The number of nitrogens with two attached hydrogens (primary N) is 1. The van der Waals surface area contributed by atoms with E-state index in [4.69, 9.17) is 34.3 Å². The molecular formula is C11H16ClN3OS. The largest absolute Gasteiger partial charge is 0.393 e. The highest BCUT2D eigenvalue weighted by atomic mass is 35.5. The van der Waals surface area contributed by atoms with Crippen molar-refractivity contribution in [1.29, 1.82) is 0 Å². The van der Waals surface area contributed by atoms with Gasteiger partial charge in [0.2, 0.25) is 0 Å². The molecular weight excluding hydrogens is 258 g/mol. The fourth-order valence-electron chi connectivity index (χ4n) is 1.42. The second kappa shape index (κ2) is 7.42. The summed E-state index contributed by atoms with van der Waals surface area (Å²) in [5.74, 6) is 0.